The fourth-order valence-electron chi connectivity index (χ4n) is 3.06. The van der Waals surface area contributed by atoms with E-state index in [1.807, 2.05) is 18.2 Å². The zero-order valence-corrected chi connectivity index (χ0v) is 11.9. The first-order valence-electron chi connectivity index (χ1n) is 7.43. The first kappa shape index (κ1) is 15.4. The Morgan fingerprint density at radius 1 is 1.25 bits per heavy atom. The highest BCUT2D eigenvalue weighted by molar-refractivity contribution is 5.14. The van der Waals surface area contributed by atoms with Gasteiger partial charge in [0.15, 0.2) is 0 Å². The molecule has 2 rings (SSSR count). The minimum absolute atomic E-state index is 0.0306. The van der Waals surface area contributed by atoms with E-state index in [2.05, 4.69) is 17.0 Å². The maximum absolute atomic E-state index is 13.5. The molecule has 0 heterocycles. The first-order valence-corrected chi connectivity index (χ1v) is 7.43. The van der Waals surface area contributed by atoms with Gasteiger partial charge in [0, 0.05) is 39.0 Å². The van der Waals surface area contributed by atoms with E-state index in [0.717, 1.165) is 26.1 Å². The van der Waals surface area contributed by atoms with Crippen molar-refractivity contribution in [3.05, 3.63) is 35.9 Å². The highest BCUT2D eigenvalue weighted by Gasteiger charge is 2.36. The predicted octanol–water partition coefficient (Wildman–Crippen LogP) is 3.27. The van der Waals surface area contributed by atoms with Crippen LogP contribution < -0.4 is 5.73 Å². The zero-order chi connectivity index (χ0) is 14.4. The van der Waals surface area contributed by atoms with Crippen LogP contribution in [0.5, 0.6) is 0 Å². The summed E-state index contributed by atoms with van der Waals surface area (Å²) in [5.41, 5.74) is 6.86. The third-order valence-electron chi connectivity index (χ3n) is 3.95. The topological polar surface area (TPSA) is 29.3 Å². The molecule has 0 radical (unpaired) electrons. The summed E-state index contributed by atoms with van der Waals surface area (Å²) in [5, 5.41) is 0. The van der Waals surface area contributed by atoms with Crippen LogP contribution >= 0.6 is 0 Å². The van der Waals surface area contributed by atoms with E-state index in [1.54, 1.807) is 0 Å². The van der Waals surface area contributed by atoms with Crippen LogP contribution in [-0.2, 0) is 6.54 Å². The van der Waals surface area contributed by atoms with E-state index in [-0.39, 0.29) is 18.8 Å². The number of rotatable bonds is 6. The number of hydrogen-bond donors (Lipinski definition) is 1. The number of hydrogen-bond acceptors (Lipinski definition) is 2. The molecule has 1 aliphatic rings. The maximum Gasteiger partial charge on any atom is 0.248 e. The van der Waals surface area contributed by atoms with Crippen molar-refractivity contribution in [2.45, 2.75) is 38.2 Å². The van der Waals surface area contributed by atoms with E-state index < -0.39 is 5.92 Å². The smallest absolute Gasteiger partial charge is 0.248 e. The van der Waals surface area contributed by atoms with Crippen molar-refractivity contribution < 1.29 is 8.78 Å². The van der Waals surface area contributed by atoms with Crippen molar-refractivity contribution in [2.75, 3.05) is 19.6 Å². The molecule has 1 aromatic carbocycles. The molecular formula is C16H24F2N2. The van der Waals surface area contributed by atoms with Gasteiger partial charge in [-0.2, -0.15) is 0 Å². The lowest BCUT2D eigenvalue weighted by molar-refractivity contribution is -0.0571. The molecule has 0 aliphatic heterocycles. The zero-order valence-electron chi connectivity index (χ0n) is 11.9. The fraction of sp³-hybridized carbons (Fsp3) is 0.625. The van der Waals surface area contributed by atoms with Gasteiger partial charge in [-0.05, 0) is 24.3 Å². The van der Waals surface area contributed by atoms with Crippen LogP contribution in [0.4, 0.5) is 8.78 Å². The second kappa shape index (κ2) is 7.14. The molecule has 1 aromatic rings. The Balaban J connectivity index is 1.91. The molecule has 1 atom stereocenters. The number of alkyl halides is 2. The monoisotopic (exact) mass is 282 g/mol. The van der Waals surface area contributed by atoms with Gasteiger partial charge >= 0.3 is 0 Å². The number of nitrogens with zero attached hydrogens (tertiary/aromatic N) is 1. The molecule has 2 nitrogen and oxygen atoms in total. The Labute approximate surface area is 120 Å². The summed E-state index contributed by atoms with van der Waals surface area (Å²) in [7, 11) is 0. The third-order valence-corrected chi connectivity index (χ3v) is 3.95. The molecule has 0 bridgehead atoms. The van der Waals surface area contributed by atoms with Crippen LogP contribution in [0.15, 0.2) is 30.3 Å². The molecule has 20 heavy (non-hydrogen) atoms. The molecule has 4 heteroatoms. The normalized spacial score (nSPS) is 22.1. The van der Waals surface area contributed by atoms with Gasteiger partial charge < -0.3 is 5.73 Å². The summed E-state index contributed by atoms with van der Waals surface area (Å²) in [6.07, 6.45) is 1.63. The largest absolute Gasteiger partial charge is 0.329 e. The summed E-state index contributed by atoms with van der Waals surface area (Å²) >= 11 is 0. The Morgan fingerprint density at radius 3 is 2.65 bits per heavy atom. The van der Waals surface area contributed by atoms with Crippen LogP contribution in [0.3, 0.4) is 0 Å². The number of halogens is 2. The van der Waals surface area contributed by atoms with E-state index in [0.29, 0.717) is 13.0 Å². The van der Waals surface area contributed by atoms with E-state index in [1.165, 1.54) is 5.56 Å². The van der Waals surface area contributed by atoms with Gasteiger partial charge in [-0.1, -0.05) is 30.3 Å². The van der Waals surface area contributed by atoms with Gasteiger partial charge in [-0.15, -0.1) is 0 Å². The summed E-state index contributed by atoms with van der Waals surface area (Å²) < 4.78 is 26.9. The van der Waals surface area contributed by atoms with Gasteiger partial charge in [0.05, 0.1) is 0 Å². The average molecular weight is 282 g/mol. The summed E-state index contributed by atoms with van der Waals surface area (Å²) in [6, 6.07) is 10.1. The lowest BCUT2D eigenvalue weighted by Crippen LogP contribution is -2.37. The molecule has 1 unspecified atom stereocenters. The van der Waals surface area contributed by atoms with Gasteiger partial charge in [-0.25, -0.2) is 8.78 Å². The fourth-order valence-corrected chi connectivity index (χ4v) is 3.06. The van der Waals surface area contributed by atoms with Gasteiger partial charge in [-0.3, -0.25) is 4.90 Å². The molecule has 1 aliphatic carbocycles. The molecular weight excluding hydrogens is 258 g/mol. The lowest BCUT2D eigenvalue weighted by atomic mass is 9.86. The molecule has 112 valence electrons. The van der Waals surface area contributed by atoms with Crippen LogP contribution in [-0.4, -0.2) is 30.5 Å². The van der Waals surface area contributed by atoms with Crippen LogP contribution in [0.1, 0.15) is 31.2 Å². The minimum Gasteiger partial charge on any atom is -0.329 e. The van der Waals surface area contributed by atoms with Gasteiger partial charge in [0.25, 0.3) is 0 Å². The Kier molecular flexibility index (Phi) is 5.49. The number of benzene rings is 1. The van der Waals surface area contributed by atoms with Crippen LogP contribution in [0.2, 0.25) is 0 Å². The maximum atomic E-state index is 13.5. The minimum atomic E-state index is -2.47. The Morgan fingerprint density at radius 2 is 2.00 bits per heavy atom. The summed E-state index contributed by atoms with van der Waals surface area (Å²) in [6.45, 7) is 2.84. The highest BCUT2D eigenvalue weighted by Crippen LogP contribution is 2.37. The van der Waals surface area contributed by atoms with Gasteiger partial charge in [0.1, 0.15) is 0 Å². The SMILES string of the molecule is NCCN(Cc1ccccc1)CC1CCCC(F)(F)C1. The quantitative estimate of drug-likeness (QED) is 0.867. The Bertz CT molecular complexity index is 395. The standard InChI is InChI=1S/C16H24F2N2/c17-16(18)8-4-7-15(11-16)13-20(10-9-19)12-14-5-2-1-3-6-14/h1-3,5-6,15H,4,7-13,19H2. The predicted molar refractivity (Wildman–Crippen MR) is 77.7 cm³/mol. The number of nitrogens with two attached hydrogens (primary N) is 1. The van der Waals surface area contributed by atoms with Gasteiger partial charge in [0.2, 0.25) is 5.92 Å². The first-order chi connectivity index (χ1) is 9.59. The molecule has 2 N–H and O–H groups in total. The molecule has 0 amide bonds. The second-order valence-corrected chi connectivity index (χ2v) is 5.83. The van der Waals surface area contributed by atoms with Crippen LogP contribution in [0, 0.1) is 5.92 Å². The second-order valence-electron chi connectivity index (χ2n) is 5.83. The Hall–Kier alpha value is -1.00. The molecule has 1 saturated carbocycles. The molecule has 0 saturated heterocycles. The molecule has 0 spiro atoms. The average Bonchev–Trinajstić information content (AvgIpc) is 2.39. The van der Waals surface area contributed by atoms with Crippen LogP contribution in [0.25, 0.3) is 0 Å². The lowest BCUT2D eigenvalue weighted by Gasteiger charge is -2.33. The highest BCUT2D eigenvalue weighted by atomic mass is 19.3. The third kappa shape index (κ3) is 4.84. The summed E-state index contributed by atoms with van der Waals surface area (Å²) in [4.78, 5) is 2.21. The van der Waals surface area contributed by atoms with Crippen molar-refractivity contribution in [2.24, 2.45) is 11.7 Å². The van der Waals surface area contributed by atoms with E-state index in [9.17, 15) is 8.78 Å². The van der Waals surface area contributed by atoms with E-state index in [4.69, 9.17) is 5.73 Å². The van der Waals surface area contributed by atoms with Crippen molar-refractivity contribution in [1.29, 1.82) is 0 Å². The molecule has 0 aromatic heterocycles. The van der Waals surface area contributed by atoms with Crippen molar-refractivity contribution in [3.8, 4) is 0 Å². The summed E-state index contributed by atoms with van der Waals surface area (Å²) in [5.74, 6) is -2.38. The van der Waals surface area contributed by atoms with E-state index >= 15 is 0 Å². The van der Waals surface area contributed by atoms with Crippen molar-refractivity contribution in [1.82, 2.24) is 4.90 Å². The molecule has 1 fully saturated rings. The van der Waals surface area contributed by atoms with Crippen molar-refractivity contribution >= 4 is 0 Å². The van der Waals surface area contributed by atoms with Crippen molar-refractivity contribution in [3.63, 3.8) is 0 Å².